The van der Waals surface area contributed by atoms with Crippen molar-refractivity contribution in [2.75, 3.05) is 17.8 Å². The lowest BCUT2D eigenvalue weighted by atomic mass is 9.77. The van der Waals surface area contributed by atoms with Gasteiger partial charge < -0.3 is 9.64 Å². The van der Waals surface area contributed by atoms with Crippen molar-refractivity contribution < 1.29 is 18.3 Å². The molecule has 4 heterocycles. The highest BCUT2D eigenvalue weighted by Crippen LogP contribution is 2.55. The first-order valence-electron chi connectivity index (χ1n) is 9.99. The normalized spacial score (nSPS) is 24.9. The summed E-state index contributed by atoms with van der Waals surface area (Å²) in [6.07, 6.45) is 4.70. The summed E-state index contributed by atoms with van der Waals surface area (Å²) in [7, 11) is -4.09. The highest BCUT2D eigenvalue weighted by atomic mass is 32.3. The number of ether oxygens (including phenoxy) is 1. The van der Waals surface area contributed by atoms with Crippen molar-refractivity contribution in [2.45, 2.75) is 16.9 Å². The minimum Gasteiger partial charge on any atom is -0.491 e. The van der Waals surface area contributed by atoms with E-state index in [9.17, 15) is 13.6 Å². The molecule has 1 atom stereocenters. The Labute approximate surface area is 179 Å². The van der Waals surface area contributed by atoms with Gasteiger partial charge >= 0.3 is 0 Å². The Morgan fingerprint density at radius 3 is 2.77 bits per heavy atom. The molecule has 1 N–H and O–H groups in total. The Hall–Kier alpha value is -3.29. The van der Waals surface area contributed by atoms with Crippen LogP contribution in [0.4, 0.5) is 5.69 Å². The molecule has 3 aliphatic rings. The lowest BCUT2D eigenvalue weighted by molar-refractivity contribution is -0.122. The van der Waals surface area contributed by atoms with Crippen LogP contribution < -0.4 is 9.64 Å². The summed E-state index contributed by atoms with van der Waals surface area (Å²) in [4.78, 5) is 20.4. The molecule has 3 aliphatic heterocycles. The van der Waals surface area contributed by atoms with Gasteiger partial charge in [0, 0.05) is 34.7 Å². The minimum atomic E-state index is -4.09. The van der Waals surface area contributed by atoms with E-state index in [0.29, 0.717) is 28.3 Å². The van der Waals surface area contributed by atoms with Gasteiger partial charge in [-0.1, -0.05) is 24.3 Å². The third-order valence-electron chi connectivity index (χ3n) is 6.43. The molecule has 1 aromatic heterocycles. The first-order valence-corrected chi connectivity index (χ1v) is 12.4. The molecule has 3 aromatic rings. The number of aromatic nitrogens is 1. The van der Waals surface area contributed by atoms with Crippen molar-refractivity contribution in [1.82, 2.24) is 4.98 Å². The van der Waals surface area contributed by atoms with Gasteiger partial charge in [-0.25, -0.2) is 0 Å². The number of anilines is 1. The molecule has 156 valence electrons. The maximum Gasteiger partial charge on any atom is 0.246 e. The molecule has 0 bridgehead atoms. The molecule has 6 nitrogen and oxygen atoms in total. The average molecular weight is 433 g/mol. The number of benzene rings is 2. The minimum absolute atomic E-state index is 0.110. The molecule has 1 amide bonds. The van der Waals surface area contributed by atoms with Gasteiger partial charge in [-0.2, -0.15) is 4.21 Å². The van der Waals surface area contributed by atoms with Gasteiger partial charge in [0.15, 0.2) is 0 Å². The average Bonchev–Trinajstić information content (AvgIpc) is 3.34. The lowest BCUT2D eigenvalue weighted by Gasteiger charge is -2.33. The summed E-state index contributed by atoms with van der Waals surface area (Å²) in [5.74, 6) is 0.470. The zero-order chi connectivity index (χ0) is 21.5. The van der Waals surface area contributed by atoms with Gasteiger partial charge in [0.1, 0.15) is 17.8 Å². The van der Waals surface area contributed by atoms with E-state index in [-0.39, 0.29) is 12.5 Å². The van der Waals surface area contributed by atoms with Crippen LogP contribution in [-0.4, -0.2) is 32.5 Å². The Balaban J connectivity index is 1.55. The molecule has 0 saturated carbocycles. The van der Waals surface area contributed by atoms with E-state index in [0.717, 1.165) is 16.9 Å². The van der Waals surface area contributed by atoms with Crippen LogP contribution in [0.25, 0.3) is 6.08 Å². The van der Waals surface area contributed by atoms with E-state index in [1.54, 1.807) is 29.3 Å². The van der Waals surface area contributed by atoms with Gasteiger partial charge in [-0.15, -0.1) is 9.35 Å². The number of carbonyl (C=O) groups excluding carboxylic acids is 1. The highest BCUT2D eigenvalue weighted by molar-refractivity contribution is 8.17. The topological polar surface area (TPSA) is 79.7 Å². The second-order valence-corrected chi connectivity index (χ2v) is 11.9. The number of hydrogen-bond acceptors (Lipinski definition) is 4. The second kappa shape index (κ2) is 5.69. The van der Waals surface area contributed by atoms with E-state index in [1.807, 2.05) is 42.5 Å². The molecule has 0 fully saturated rings. The summed E-state index contributed by atoms with van der Waals surface area (Å²) in [5, 5.41) is 1.35. The first kappa shape index (κ1) is 18.5. The van der Waals surface area contributed by atoms with E-state index in [1.165, 1.54) is 11.7 Å². The van der Waals surface area contributed by atoms with Crippen LogP contribution in [0.3, 0.4) is 0 Å². The number of pyridine rings is 1. The van der Waals surface area contributed by atoms with Crippen molar-refractivity contribution in [3.05, 3.63) is 88.6 Å². The van der Waals surface area contributed by atoms with Crippen LogP contribution in [0.2, 0.25) is 0 Å². The molecule has 6 rings (SSSR count). The fourth-order valence-electron chi connectivity index (χ4n) is 4.89. The van der Waals surface area contributed by atoms with Crippen molar-refractivity contribution in [3.8, 4) is 5.75 Å². The maximum atomic E-state index is 14.0. The summed E-state index contributed by atoms with van der Waals surface area (Å²) in [6.45, 7) is 0.499. The molecule has 1 spiro atoms. The van der Waals surface area contributed by atoms with Crippen LogP contribution in [0, 0.1) is 0 Å². The van der Waals surface area contributed by atoms with E-state index >= 15 is 0 Å². The monoisotopic (exact) mass is 432 g/mol. The standard InChI is InChI=1S/C24H20N2O4S/c1-31(28,29)11-9-16-12-21-19(13-22(16)31)24(15-30-21)18-7-2-3-8-20(18)26(23(24)27)14-17-6-4-5-10-25-17/h2-13H,14-15H2,1H3,(H,28,29). The molecule has 1 unspecified atom stereocenters. The van der Waals surface area contributed by atoms with Crippen molar-refractivity contribution in [2.24, 2.45) is 0 Å². The Morgan fingerprint density at radius 2 is 1.97 bits per heavy atom. The number of carbonyl (C=O) groups is 1. The SMILES string of the molecule is CS1(=O)(O)C=Cc2cc3c(cc21)C1(CO3)C(=O)N(Cc2ccccn2)c2ccccc21. The number of hydrogen-bond donors (Lipinski definition) is 1. The number of fused-ring (bicyclic) bond motifs is 5. The molecular weight excluding hydrogens is 412 g/mol. The lowest BCUT2D eigenvalue weighted by Crippen LogP contribution is -2.42. The number of nitrogens with zero attached hydrogens (tertiary/aromatic N) is 2. The van der Waals surface area contributed by atoms with Gasteiger partial charge in [-0.05, 0) is 42.0 Å². The summed E-state index contributed by atoms with van der Waals surface area (Å²) >= 11 is 0. The highest BCUT2D eigenvalue weighted by Gasteiger charge is 2.57. The summed E-state index contributed by atoms with van der Waals surface area (Å²) < 4.78 is 30.0. The van der Waals surface area contributed by atoms with Gasteiger partial charge in [0.25, 0.3) is 0 Å². The number of rotatable bonds is 2. The number of para-hydroxylation sites is 1. The molecule has 0 aliphatic carbocycles. The van der Waals surface area contributed by atoms with Crippen molar-refractivity contribution >= 4 is 27.0 Å². The second-order valence-electron chi connectivity index (χ2n) is 8.47. The van der Waals surface area contributed by atoms with Gasteiger partial charge in [-0.3, -0.25) is 14.3 Å². The van der Waals surface area contributed by atoms with Crippen LogP contribution in [0.5, 0.6) is 5.75 Å². The van der Waals surface area contributed by atoms with Crippen LogP contribution >= 0.6 is 0 Å². The molecular formula is C24H20N2O4S. The quantitative estimate of drug-likeness (QED) is 0.670. The Morgan fingerprint density at radius 1 is 1.16 bits per heavy atom. The molecule has 31 heavy (non-hydrogen) atoms. The maximum absolute atomic E-state index is 14.0. The van der Waals surface area contributed by atoms with Crippen LogP contribution in [-0.2, 0) is 26.1 Å². The predicted molar refractivity (Wildman–Crippen MR) is 119 cm³/mol. The van der Waals surface area contributed by atoms with Gasteiger partial charge in [0.05, 0.1) is 17.1 Å². The van der Waals surface area contributed by atoms with Gasteiger partial charge in [0.2, 0.25) is 5.91 Å². The summed E-state index contributed by atoms with van der Waals surface area (Å²) in [5.41, 5.74) is 2.69. The smallest absolute Gasteiger partial charge is 0.246 e. The van der Waals surface area contributed by atoms with Crippen molar-refractivity contribution in [3.63, 3.8) is 0 Å². The third-order valence-corrected chi connectivity index (χ3v) is 8.63. The molecule has 7 heteroatoms. The van der Waals surface area contributed by atoms with Crippen LogP contribution in [0.15, 0.2) is 71.1 Å². The largest absolute Gasteiger partial charge is 0.491 e. The third kappa shape index (κ3) is 2.38. The molecule has 2 aromatic carbocycles. The molecule has 0 saturated heterocycles. The first-order chi connectivity index (χ1) is 14.8. The Bertz CT molecular complexity index is 1380. The molecule has 0 radical (unpaired) electrons. The van der Waals surface area contributed by atoms with E-state index in [4.69, 9.17) is 4.74 Å². The number of amides is 1. The fourth-order valence-corrected chi connectivity index (χ4v) is 6.61. The summed E-state index contributed by atoms with van der Waals surface area (Å²) in [6, 6.07) is 16.8. The van der Waals surface area contributed by atoms with Crippen LogP contribution in [0.1, 0.15) is 22.4 Å². The predicted octanol–water partition coefficient (Wildman–Crippen LogP) is 3.57. The van der Waals surface area contributed by atoms with E-state index < -0.39 is 14.8 Å². The fraction of sp³-hybridized carbons (Fsp3) is 0.167. The van der Waals surface area contributed by atoms with E-state index in [2.05, 4.69) is 4.98 Å². The Kier molecular flexibility index (Phi) is 3.39. The van der Waals surface area contributed by atoms with Crippen molar-refractivity contribution in [1.29, 1.82) is 0 Å². The zero-order valence-corrected chi connectivity index (χ0v) is 17.6. The zero-order valence-electron chi connectivity index (χ0n) is 16.8.